The van der Waals surface area contributed by atoms with Crippen LogP contribution in [0.25, 0.3) is 0 Å². The summed E-state index contributed by atoms with van der Waals surface area (Å²) in [6, 6.07) is 25.7. The summed E-state index contributed by atoms with van der Waals surface area (Å²) >= 11 is 3.42. The molecule has 1 unspecified atom stereocenters. The number of ether oxygens (including phenoxy) is 1. The summed E-state index contributed by atoms with van der Waals surface area (Å²) in [6.07, 6.45) is 0.0292. The summed E-state index contributed by atoms with van der Waals surface area (Å²) in [5, 5.41) is 10.5. The van der Waals surface area contributed by atoms with Gasteiger partial charge in [0.1, 0.15) is 12.4 Å². The fourth-order valence-electron chi connectivity index (χ4n) is 2.51. The van der Waals surface area contributed by atoms with E-state index in [9.17, 15) is 5.11 Å². The topological polar surface area (TPSA) is 29.5 Å². The van der Waals surface area contributed by atoms with E-state index in [0.717, 1.165) is 26.9 Å². The summed E-state index contributed by atoms with van der Waals surface area (Å²) in [5.41, 5.74) is 3.09. The van der Waals surface area contributed by atoms with Gasteiger partial charge < -0.3 is 9.84 Å². The van der Waals surface area contributed by atoms with Crippen LogP contribution in [-0.2, 0) is 13.0 Å². The summed E-state index contributed by atoms with van der Waals surface area (Å²) < 4.78 is 6.87. The first-order chi connectivity index (χ1) is 11.7. The van der Waals surface area contributed by atoms with E-state index < -0.39 is 6.10 Å². The Bertz CT molecular complexity index is 769. The zero-order chi connectivity index (χ0) is 16.8. The van der Waals surface area contributed by atoms with E-state index in [1.165, 1.54) is 0 Å². The van der Waals surface area contributed by atoms with Crippen molar-refractivity contribution in [3.05, 3.63) is 100 Å². The maximum absolute atomic E-state index is 10.5. The van der Waals surface area contributed by atoms with Gasteiger partial charge in [0, 0.05) is 10.9 Å². The predicted molar refractivity (Wildman–Crippen MR) is 100 cm³/mol. The minimum Gasteiger partial charge on any atom is -0.489 e. The Morgan fingerprint density at radius 1 is 0.833 bits per heavy atom. The first-order valence-corrected chi connectivity index (χ1v) is 8.69. The number of hydrogen-bond donors (Lipinski definition) is 1. The number of hydrogen-bond acceptors (Lipinski definition) is 2. The Kier molecular flexibility index (Phi) is 5.68. The molecule has 3 rings (SSSR count). The number of aliphatic hydroxyl groups excluding tert-OH is 1. The molecule has 0 radical (unpaired) electrons. The van der Waals surface area contributed by atoms with E-state index in [1.807, 2.05) is 78.9 Å². The fraction of sp³-hybridized carbons (Fsp3) is 0.143. The van der Waals surface area contributed by atoms with Crippen LogP contribution in [0.5, 0.6) is 5.75 Å². The lowest BCUT2D eigenvalue weighted by Gasteiger charge is -2.13. The summed E-state index contributed by atoms with van der Waals surface area (Å²) in [5.74, 6) is 0.770. The molecule has 0 spiro atoms. The van der Waals surface area contributed by atoms with Gasteiger partial charge in [0.2, 0.25) is 0 Å². The predicted octanol–water partition coefficient (Wildman–Crippen LogP) is 5.30. The first-order valence-electron chi connectivity index (χ1n) is 7.90. The molecule has 0 amide bonds. The van der Waals surface area contributed by atoms with Crippen LogP contribution < -0.4 is 4.74 Å². The number of benzene rings is 3. The molecule has 0 saturated carbocycles. The Morgan fingerprint density at radius 2 is 1.58 bits per heavy atom. The largest absolute Gasteiger partial charge is 0.489 e. The molecule has 0 saturated heterocycles. The Hall–Kier alpha value is -2.10. The number of aliphatic hydroxyl groups is 1. The van der Waals surface area contributed by atoms with Gasteiger partial charge in [-0.1, -0.05) is 70.5 Å². The van der Waals surface area contributed by atoms with Crippen LogP contribution in [0, 0.1) is 0 Å². The molecule has 0 aromatic heterocycles. The van der Waals surface area contributed by atoms with Gasteiger partial charge in [-0.05, 0) is 41.0 Å². The lowest BCUT2D eigenvalue weighted by Crippen LogP contribution is -2.02. The van der Waals surface area contributed by atoms with Crippen molar-refractivity contribution in [2.24, 2.45) is 0 Å². The Balaban J connectivity index is 1.64. The first kappa shape index (κ1) is 16.7. The average Bonchev–Trinajstić information content (AvgIpc) is 2.63. The Labute approximate surface area is 150 Å². The van der Waals surface area contributed by atoms with Gasteiger partial charge in [0.25, 0.3) is 0 Å². The molecule has 0 aliphatic carbocycles. The van der Waals surface area contributed by atoms with Gasteiger partial charge in [-0.2, -0.15) is 0 Å². The van der Waals surface area contributed by atoms with Crippen LogP contribution in [0.4, 0.5) is 0 Å². The highest BCUT2D eigenvalue weighted by atomic mass is 79.9. The zero-order valence-electron chi connectivity index (χ0n) is 13.2. The molecule has 122 valence electrons. The van der Waals surface area contributed by atoms with Crippen LogP contribution in [-0.4, -0.2) is 5.11 Å². The molecule has 0 fully saturated rings. The number of halogens is 1. The summed E-state index contributed by atoms with van der Waals surface area (Å²) in [4.78, 5) is 0. The molecule has 2 nitrogen and oxygen atoms in total. The third-order valence-electron chi connectivity index (χ3n) is 3.83. The summed E-state index contributed by atoms with van der Waals surface area (Å²) in [6.45, 7) is 0.521. The average molecular weight is 383 g/mol. The van der Waals surface area contributed by atoms with E-state index in [0.29, 0.717) is 13.0 Å². The molecule has 3 heteroatoms. The van der Waals surface area contributed by atoms with Crippen molar-refractivity contribution in [3.8, 4) is 5.75 Å². The third kappa shape index (κ3) is 4.70. The molecule has 0 aliphatic rings. The van der Waals surface area contributed by atoms with Crippen molar-refractivity contribution in [1.29, 1.82) is 0 Å². The molecule has 3 aromatic rings. The smallest absolute Gasteiger partial charge is 0.120 e. The van der Waals surface area contributed by atoms with E-state index in [2.05, 4.69) is 15.9 Å². The quantitative estimate of drug-likeness (QED) is 0.626. The van der Waals surface area contributed by atoms with Gasteiger partial charge in [0.15, 0.2) is 0 Å². The minimum absolute atomic E-state index is 0.521. The van der Waals surface area contributed by atoms with Crippen LogP contribution in [0.3, 0.4) is 0 Å². The molecule has 3 aromatic carbocycles. The van der Waals surface area contributed by atoms with Crippen LogP contribution in [0.2, 0.25) is 0 Å². The lowest BCUT2D eigenvalue weighted by atomic mass is 10.0. The van der Waals surface area contributed by atoms with Crippen molar-refractivity contribution in [1.82, 2.24) is 0 Å². The second-order valence-corrected chi connectivity index (χ2v) is 6.61. The van der Waals surface area contributed by atoms with E-state index in [4.69, 9.17) is 4.74 Å². The van der Waals surface area contributed by atoms with Crippen molar-refractivity contribution in [3.63, 3.8) is 0 Å². The molecule has 1 N–H and O–H groups in total. The van der Waals surface area contributed by atoms with Crippen LogP contribution in [0.1, 0.15) is 22.8 Å². The van der Waals surface area contributed by atoms with Gasteiger partial charge in [-0.15, -0.1) is 0 Å². The number of rotatable bonds is 6. The van der Waals surface area contributed by atoms with E-state index in [-0.39, 0.29) is 0 Å². The molecular formula is C21H19BrO2. The third-order valence-corrected chi connectivity index (χ3v) is 4.36. The van der Waals surface area contributed by atoms with E-state index in [1.54, 1.807) is 0 Å². The second kappa shape index (κ2) is 8.13. The normalized spacial score (nSPS) is 11.9. The SMILES string of the molecule is OC(Cc1ccc(Br)cc1)c1cccc(OCc2ccccc2)c1. The molecule has 0 heterocycles. The van der Waals surface area contributed by atoms with Gasteiger partial charge in [0.05, 0.1) is 6.10 Å². The standard InChI is InChI=1S/C21H19BrO2/c22-19-11-9-16(10-12-19)13-21(23)18-7-4-8-20(14-18)24-15-17-5-2-1-3-6-17/h1-12,14,21,23H,13,15H2. The molecule has 24 heavy (non-hydrogen) atoms. The van der Waals surface area contributed by atoms with Gasteiger partial charge >= 0.3 is 0 Å². The second-order valence-electron chi connectivity index (χ2n) is 5.69. The molecular weight excluding hydrogens is 364 g/mol. The highest BCUT2D eigenvalue weighted by molar-refractivity contribution is 9.10. The minimum atomic E-state index is -0.550. The highest BCUT2D eigenvalue weighted by Gasteiger charge is 2.10. The van der Waals surface area contributed by atoms with Crippen molar-refractivity contribution in [2.75, 3.05) is 0 Å². The lowest BCUT2D eigenvalue weighted by molar-refractivity contribution is 0.177. The maximum atomic E-state index is 10.5. The monoisotopic (exact) mass is 382 g/mol. The maximum Gasteiger partial charge on any atom is 0.120 e. The van der Waals surface area contributed by atoms with Gasteiger partial charge in [-0.25, -0.2) is 0 Å². The van der Waals surface area contributed by atoms with Crippen LogP contribution in [0.15, 0.2) is 83.3 Å². The zero-order valence-corrected chi connectivity index (χ0v) is 14.8. The van der Waals surface area contributed by atoms with Gasteiger partial charge in [-0.3, -0.25) is 0 Å². The highest BCUT2D eigenvalue weighted by Crippen LogP contribution is 2.23. The molecule has 0 aliphatic heterocycles. The van der Waals surface area contributed by atoms with Crippen molar-refractivity contribution < 1.29 is 9.84 Å². The van der Waals surface area contributed by atoms with Crippen molar-refractivity contribution >= 4 is 15.9 Å². The van der Waals surface area contributed by atoms with Crippen molar-refractivity contribution in [2.45, 2.75) is 19.1 Å². The van der Waals surface area contributed by atoms with E-state index >= 15 is 0 Å². The van der Waals surface area contributed by atoms with Crippen LogP contribution >= 0.6 is 15.9 Å². The fourth-order valence-corrected chi connectivity index (χ4v) is 2.78. The molecule has 1 atom stereocenters. The molecule has 0 bridgehead atoms. The summed E-state index contributed by atoms with van der Waals surface area (Å²) in [7, 11) is 0. The Morgan fingerprint density at radius 3 is 2.33 bits per heavy atom.